The maximum Gasteiger partial charge on any atom is 0.405 e. The molecule has 0 unspecified atom stereocenters. The Morgan fingerprint density at radius 1 is 1.25 bits per heavy atom. The van der Waals surface area contributed by atoms with Crippen molar-refractivity contribution >= 4 is 23.8 Å². The van der Waals surface area contributed by atoms with Crippen molar-refractivity contribution in [1.29, 1.82) is 0 Å². The number of hydrogen-bond donors (Lipinski definition) is 1. The summed E-state index contributed by atoms with van der Waals surface area (Å²) in [6.07, 6.45) is -4.15. The van der Waals surface area contributed by atoms with E-state index in [9.17, 15) is 13.2 Å². The van der Waals surface area contributed by atoms with E-state index in [1.165, 1.54) is 4.90 Å². The second-order valence-electron chi connectivity index (χ2n) is 3.48. The summed E-state index contributed by atoms with van der Waals surface area (Å²) in [5.74, 6) is 0. The molecule has 0 spiro atoms. The Kier molecular flexibility index (Phi) is 3.91. The Morgan fingerprint density at radius 2 is 1.94 bits per heavy atom. The van der Waals surface area contributed by atoms with Gasteiger partial charge >= 0.3 is 6.18 Å². The molecular formula is C10H12ClF3N2. The number of halogens is 4. The summed E-state index contributed by atoms with van der Waals surface area (Å²) in [5, 5.41) is 3.07. The second kappa shape index (κ2) is 4.82. The maximum absolute atomic E-state index is 12.3. The molecule has 1 aromatic carbocycles. The zero-order chi connectivity index (χ0) is 10.9. The predicted molar refractivity (Wildman–Crippen MR) is 60.4 cm³/mol. The lowest BCUT2D eigenvalue weighted by Gasteiger charge is -2.32. The SMILES string of the molecule is Cl.FC(F)(F)CN1CCNc2ccccc21. The van der Waals surface area contributed by atoms with Gasteiger partial charge in [0, 0.05) is 13.1 Å². The monoisotopic (exact) mass is 252 g/mol. The number of hydrogen-bond acceptors (Lipinski definition) is 2. The molecule has 6 heteroatoms. The molecule has 1 aliphatic rings. The third kappa shape index (κ3) is 2.95. The van der Waals surface area contributed by atoms with Crippen LogP contribution in [0.25, 0.3) is 0 Å². The number of fused-ring (bicyclic) bond motifs is 1. The molecule has 0 aliphatic carbocycles. The van der Waals surface area contributed by atoms with Crippen LogP contribution in [0, 0.1) is 0 Å². The summed E-state index contributed by atoms with van der Waals surface area (Å²) in [6.45, 7) is 0.0509. The molecule has 0 fully saturated rings. The summed E-state index contributed by atoms with van der Waals surface area (Å²) in [4.78, 5) is 1.35. The van der Waals surface area contributed by atoms with Gasteiger partial charge in [0.15, 0.2) is 0 Å². The quantitative estimate of drug-likeness (QED) is 0.827. The van der Waals surface area contributed by atoms with Crippen LogP contribution in [-0.2, 0) is 0 Å². The van der Waals surface area contributed by atoms with E-state index in [0.29, 0.717) is 18.8 Å². The van der Waals surface area contributed by atoms with Crippen molar-refractivity contribution in [3.63, 3.8) is 0 Å². The molecule has 0 saturated heterocycles. The number of benzene rings is 1. The van der Waals surface area contributed by atoms with E-state index in [2.05, 4.69) is 5.32 Å². The molecule has 0 saturated carbocycles. The lowest BCUT2D eigenvalue weighted by molar-refractivity contribution is -0.119. The van der Waals surface area contributed by atoms with Crippen LogP contribution in [0.3, 0.4) is 0 Å². The molecule has 0 atom stereocenters. The van der Waals surface area contributed by atoms with Gasteiger partial charge in [-0.2, -0.15) is 13.2 Å². The van der Waals surface area contributed by atoms with Crippen molar-refractivity contribution in [2.45, 2.75) is 6.18 Å². The first-order valence-corrected chi connectivity index (χ1v) is 4.71. The fourth-order valence-corrected chi connectivity index (χ4v) is 1.73. The highest BCUT2D eigenvalue weighted by Crippen LogP contribution is 2.30. The topological polar surface area (TPSA) is 15.3 Å². The van der Waals surface area contributed by atoms with Gasteiger partial charge in [-0.25, -0.2) is 0 Å². The molecule has 2 rings (SSSR count). The minimum atomic E-state index is -4.15. The minimum Gasteiger partial charge on any atom is -0.382 e. The van der Waals surface area contributed by atoms with Gasteiger partial charge in [0.1, 0.15) is 6.54 Å². The highest BCUT2D eigenvalue weighted by atomic mass is 35.5. The largest absolute Gasteiger partial charge is 0.405 e. The van der Waals surface area contributed by atoms with E-state index in [1.807, 2.05) is 6.07 Å². The van der Waals surface area contributed by atoms with Crippen molar-refractivity contribution in [3.8, 4) is 0 Å². The van der Waals surface area contributed by atoms with Gasteiger partial charge in [-0.1, -0.05) is 12.1 Å². The molecular weight excluding hydrogens is 241 g/mol. The first kappa shape index (κ1) is 13.0. The fourth-order valence-electron chi connectivity index (χ4n) is 1.73. The minimum absolute atomic E-state index is 0. The van der Waals surface area contributed by atoms with E-state index in [-0.39, 0.29) is 12.4 Å². The van der Waals surface area contributed by atoms with Gasteiger partial charge < -0.3 is 10.2 Å². The van der Waals surface area contributed by atoms with E-state index in [1.54, 1.807) is 18.2 Å². The predicted octanol–water partition coefficient (Wildman–Crippen LogP) is 2.90. The van der Waals surface area contributed by atoms with Crippen LogP contribution in [-0.4, -0.2) is 25.8 Å². The zero-order valence-electron chi connectivity index (χ0n) is 8.42. The highest BCUT2D eigenvalue weighted by Gasteiger charge is 2.32. The van der Waals surface area contributed by atoms with Gasteiger partial charge in [0.05, 0.1) is 11.4 Å². The van der Waals surface area contributed by atoms with Crippen molar-refractivity contribution < 1.29 is 13.2 Å². The normalized spacial score (nSPS) is 14.8. The number of alkyl halides is 3. The van der Waals surface area contributed by atoms with Crippen molar-refractivity contribution in [2.24, 2.45) is 0 Å². The van der Waals surface area contributed by atoms with E-state index in [4.69, 9.17) is 0 Å². The number of rotatable bonds is 1. The van der Waals surface area contributed by atoms with E-state index in [0.717, 1.165) is 5.69 Å². The summed E-state index contributed by atoms with van der Waals surface area (Å²) in [6, 6.07) is 7.04. The summed E-state index contributed by atoms with van der Waals surface area (Å²) >= 11 is 0. The molecule has 2 nitrogen and oxygen atoms in total. The summed E-state index contributed by atoms with van der Waals surface area (Å²) in [5.41, 5.74) is 1.40. The van der Waals surface area contributed by atoms with Crippen LogP contribution in [0.15, 0.2) is 24.3 Å². The molecule has 1 N–H and O–H groups in total. The van der Waals surface area contributed by atoms with Crippen molar-refractivity contribution in [1.82, 2.24) is 0 Å². The van der Waals surface area contributed by atoms with Crippen LogP contribution < -0.4 is 10.2 Å². The molecule has 0 radical (unpaired) electrons. The summed E-state index contributed by atoms with van der Waals surface area (Å²) < 4.78 is 36.8. The van der Waals surface area contributed by atoms with Gasteiger partial charge in [-0.3, -0.25) is 0 Å². The Morgan fingerprint density at radius 3 is 2.62 bits per heavy atom. The first-order chi connectivity index (χ1) is 7.06. The van der Waals surface area contributed by atoms with Gasteiger partial charge in [0.2, 0.25) is 0 Å². The molecule has 90 valence electrons. The van der Waals surface area contributed by atoms with E-state index >= 15 is 0 Å². The highest BCUT2D eigenvalue weighted by molar-refractivity contribution is 5.85. The zero-order valence-corrected chi connectivity index (χ0v) is 9.24. The lowest BCUT2D eigenvalue weighted by Crippen LogP contribution is -2.40. The average molecular weight is 253 g/mol. The standard InChI is InChI=1S/C10H11F3N2.ClH/c11-10(12,13)7-15-6-5-14-8-3-1-2-4-9(8)15;/h1-4,14H,5-7H2;1H. The molecule has 1 aliphatic heterocycles. The smallest absolute Gasteiger partial charge is 0.382 e. The number of para-hydroxylation sites is 2. The van der Waals surface area contributed by atoms with Crippen molar-refractivity contribution in [2.75, 3.05) is 29.9 Å². The van der Waals surface area contributed by atoms with Crippen LogP contribution >= 0.6 is 12.4 Å². The average Bonchev–Trinajstić information content (AvgIpc) is 2.16. The molecule has 0 bridgehead atoms. The number of nitrogens with zero attached hydrogens (tertiary/aromatic N) is 1. The van der Waals surface area contributed by atoms with Gasteiger partial charge in [0.25, 0.3) is 0 Å². The number of nitrogens with one attached hydrogen (secondary N) is 1. The van der Waals surface area contributed by atoms with E-state index < -0.39 is 12.7 Å². The molecule has 0 amide bonds. The van der Waals surface area contributed by atoms with Crippen LogP contribution in [0.2, 0.25) is 0 Å². The third-order valence-electron chi connectivity index (χ3n) is 2.31. The molecule has 1 aromatic rings. The second-order valence-corrected chi connectivity index (χ2v) is 3.48. The van der Waals surface area contributed by atoms with Crippen LogP contribution in [0.5, 0.6) is 0 Å². The van der Waals surface area contributed by atoms with Crippen LogP contribution in [0.4, 0.5) is 24.5 Å². The Hall–Kier alpha value is -1.10. The molecule has 16 heavy (non-hydrogen) atoms. The molecule has 0 aromatic heterocycles. The van der Waals surface area contributed by atoms with Gasteiger partial charge in [-0.05, 0) is 12.1 Å². The van der Waals surface area contributed by atoms with Crippen molar-refractivity contribution in [3.05, 3.63) is 24.3 Å². The Labute approximate surface area is 97.8 Å². The molecule has 1 heterocycles. The third-order valence-corrected chi connectivity index (χ3v) is 2.31. The Bertz CT molecular complexity index is 354. The lowest BCUT2D eigenvalue weighted by atomic mass is 10.2. The van der Waals surface area contributed by atoms with Gasteiger partial charge in [-0.15, -0.1) is 12.4 Å². The van der Waals surface area contributed by atoms with Crippen LogP contribution in [0.1, 0.15) is 0 Å². The first-order valence-electron chi connectivity index (χ1n) is 4.71. The Balaban J connectivity index is 0.00000128. The number of anilines is 2. The summed E-state index contributed by atoms with van der Waals surface area (Å²) in [7, 11) is 0. The fraction of sp³-hybridized carbons (Fsp3) is 0.400. The maximum atomic E-state index is 12.3.